The molecule has 0 aliphatic carbocycles. The van der Waals surface area contributed by atoms with Crippen LogP contribution in [0.2, 0.25) is 0 Å². The Bertz CT molecular complexity index is 1430. The number of rotatable bonds is 8. The van der Waals surface area contributed by atoms with Gasteiger partial charge < -0.3 is 28.8 Å². The van der Waals surface area contributed by atoms with E-state index in [0.717, 1.165) is 10.9 Å². The van der Waals surface area contributed by atoms with Gasteiger partial charge in [0, 0.05) is 16.5 Å². The third-order valence-corrected chi connectivity index (χ3v) is 6.11. The SMILES string of the molecule is COc1ccc(-c2c3c(CO)c(c4cc(OC)c(OCc5ccccc5)cc24)OC3=O)cc1OC. The van der Waals surface area contributed by atoms with E-state index in [0.29, 0.717) is 63.0 Å². The maximum atomic E-state index is 13.0. The van der Waals surface area contributed by atoms with Crippen molar-refractivity contribution in [2.24, 2.45) is 0 Å². The average molecular weight is 472 g/mol. The fourth-order valence-electron chi connectivity index (χ4n) is 4.45. The fourth-order valence-corrected chi connectivity index (χ4v) is 4.45. The first-order valence-corrected chi connectivity index (χ1v) is 11.0. The summed E-state index contributed by atoms with van der Waals surface area (Å²) in [4.78, 5) is 13.0. The molecule has 7 nitrogen and oxygen atoms in total. The van der Waals surface area contributed by atoms with Crippen molar-refractivity contribution in [3.05, 3.63) is 77.4 Å². The van der Waals surface area contributed by atoms with Gasteiger partial charge in [-0.15, -0.1) is 0 Å². The summed E-state index contributed by atoms with van der Waals surface area (Å²) in [5.41, 5.74) is 3.09. The van der Waals surface area contributed by atoms with Gasteiger partial charge in [0.15, 0.2) is 23.0 Å². The van der Waals surface area contributed by atoms with Crippen molar-refractivity contribution < 1.29 is 33.6 Å². The maximum absolute atomic E-state index is 13.0. The summed E-state index contributed by atoms with van der Waals surface area (Å²) in [6, 6.07) is 18.8. The molecule has 7 heteroatoms. The van der Waals surface area contributed by atoms with Crippen LogP contribution >= 0.6 is 0 Å². The zero-order chi connectivity index (χ0) is 24.5. The first-order chi connectivity index (χ1) is 17.1. The smallest absolute Gasteiger partial charge is 0.344 e. The van der Waals surface area contributed by atoms with Crippen LogP contribution in [0, 0.1) is 0 Å². The number of esters is 1. The van der Waals surface area contributed by atoms with E-state index >= 15 is 0 Å². The second-order valence-corrected chi connectivity index (χ2v) is 8.00. The zero-order valence-electron chi connectivity index (χ0n) is 19.6. The number of fused-ring (bicyclic) bond motifs is 4. The van der Waals surface area contributed by atoms with Crippen LogP contribution in [-0.4, -0.2) is 32.4 Å². The van der Waals surface area contributed by atoms with Crippen molar-refractivity contribution in [2.45, 2.75) is 13.2 Å². The second kappa shape index (κ2) is 9.19. The molecule has 0 saturated heterocycles. The van der Waals surface area contributed by atoms with Crippen LogP contribution in [0.5, 0.6) is 28.7 Å². The number of carbonyl (C=O) groups excluding carboxylic acids is 1. The molecule has 0 fully saturated rings. The van der Waals surface area contributed by atoms with Crippen LogP contribution in [0.15, 0.2) is 60.7 Å². The van der Waals surface area contributed by atoms with Gasteiger partial charge >= 0.3 is 5.97 Å². The molecule has 178 valence electrons. The molecule has 0 unspecified atom stereocenters. The lowest BCUT2D eigenvalue weighted by Gasteiger charge is -2.17. The summed E-state index contributed by atoms with van der Waals surface area (Å²) in [6.07, 6.45) is 0. The number of aliphatic hydroxyl groups excluding tert-OH is 1. The predicted molar refractivity (Wildman–Crippen MR) is 131 cm³/mol. The lowest BCUT2D eigenvalue weighted by atomic mass is 9.90. The Hall–Kier alpha value is -4.23. The third kappa shape index (κ3) is 3.80. The van der Waals surface area contributed by atoms with Gasteiger partial charge in [-0.1, -0.05) is 36.4 Å². The van der Waals surface area contributed by atoms with Gasteiger partial charge in [-0.3, -0.25) is 0 Å². The Labute approximate surface area is 202 Å². The van der Waals surface area contributed by atoms with E-state index in [2.05, 4.69) is 0 Å². The molecule has 0 radical (unpaired) electrons. The van der Waals surface area contributed by atoms with Crippen LogP contribution in [0.25, 0.3) is 21.9 Å². The molecule has 1 heterocycles. The molecule has 1 aliphatic rings. The highest BCUT2D eigenvalue weighted by Crippen LogP contribution is 2.49. The van der Waals surface area contributed by atoms with Crippen molar-refractivity contribution in [3.8, 4) is 39.9 Å². The summed E-state index contributed by atoms with van der Waals surface area (Å²) >= 11 is 0. The third-order valence-electron chi connectivity index (χ3n) is 6.11. The molecule has 0 aromatic heterocycles. The van der Waals surface area contributed by atoms with Crippen molar-refractivity contribution in [2.75, 3.05) is 21.3 Å². The number of hydrogen-bond acceptors (Lipinski definition) is 7. The van der Waals surface area contributed by atoms with Gasteiger partial charge in [-0.2, -0.15) is 0 Å². The molecule has 0 spiro atoms. The Kier molecular flexibility index (Phi) is 5.93. The van der Waals surface area contributed by atoms with Gasteiger partial charge in [0.25, 0.3) is 0 Å². The van der Waals surface area contributed by atoms with Crippen molar-refractivity contribution in [1.29, 1.82) is 0 Å². The molecule has 4 aromatic rings. The normalized spacial score (nSPS) is 11.9. The first kappa shape index (κ1) is 22.6. The van der Waals surface area contributed by atoms with Crippen LogP contribution in [0.4, 0.5) is 0 Å². The van der Waals surface area contributed by atoms with Gasteiger partial charge in [0.05, 0.1) is 33.5 Å². The number of benzene rings is 4. The highest BCUT2D eigenvalue weighted by Gasteiger charge is 2.34. The zero-order valence-corrected chi connectivity index (χ0v) is 19.6. The predicted octanol–water partition coefficient (Wildman–Crippen LogP) is 5.14. The summed E-state index contributed by atoms with van der Waals surface area (Å²) < 4.78 is 28.2. The Morgan fingerprint density at radius 1 is 0.771 bits per heavy atom. The van der Waals surface area contributed by atoms with Crippen LogP contribution < -0.4 is 23.7 Å². The minimum atomic E-state index is -0.518. The van der Waals surface area contributed by atoms with Crippen molar-refractivity contribution >= 4 is 16.7 Å². The van der Waals surface area contributed by atoms with E-state index in [-0.39, 0.29) is 6.61 Å². The summed E-state index contributed by atoms with van der Waals surface area (Å²) in [5.74, 6) is 1.90. The molecule has 4 aromatic carbocycles. The minimum Gasteiger partial charge on any atom is -0.493 e. The molecule has 35 heavy (non-hydrogen) atoms. The van der Waals surface area contributed by atoms with Crippen molar-refractivity contribution in [1.82, 2.24) is 0 Å². The van der Waals surface area contributed by atoms with Gasteiger partial charge in [-0.05, 0) is 40.8 Å². The standard InChI is InChI=1S/C28H24O7/c1-31-21-10-9-17(11-22(21)32-2)25-18-12-24(34-15-16-7-5-4-6-8-16)23(33-3)13-19(18)27-20(14-29)26(25)28(30)35-27/h4-13,29H,14-15H2,1-3H3. The Morgan fingerprint density at radius 2 is 1.46 bits per heavy atom. The lowest BCUT2D eigenvalue weighted by molar-refractivity contribution is 0.0757. The fraction of sp³-hybridized carbons (Fsp3) is 0.179. The largest absolute Gasteiger partial charge is 0.493 e. The minimum absolute atomic E-state index is 0.321. The Balaban J connectivity index is 1.75. The van der Waals surface area contributed by atoms with E-state index in [4.69, 9.17) is 23.7 Å². The van der Waals surface area contributed by atoms with Gasteiger partial charge in [0.1, 0.15) is 12.4 Å². The van der Waals surface area contributed by atoms with E-state index in [1.165, 1.54) is 0 Å². The molecule has 0 saturated carbocycles. The number of ether oxygens (including phenoxy) is 5. The molecule has 1 N–H and O–H groups in total. The molecule has 2 bridgehead atoms. The average Bonchev–Trinajstić information content (AvgIpc) is 3.17. The van der Waals surface area contributed by atoms with Gasteiger partial charge in [-0.25, -0.2) is 4.79 Å². The van der Waals surface area contributed by atoms with E-state index in [1.807, 2.05) is 42.5 Å². The molecule has 0 atom stereocenters. The van der Waals surface area contributed by atoms with E-state index < -0.39 is 5.97 Å². The van der Waals surface area contributed by atoms with Gasteiger partial charge in [0.2, 0.25) is 0 Å². The Morgan fingerprint density at radius 3 is 2.14 bits per heavy atom. The molecule has 1 aliphatic heterocycles. The molecule has 0 amide bonds. The number of aliphatic hydroxyl groups is 1. The number of carbonyl (C=O) groups is 1. The van der Waals surface area contributed by atoms with Crippen molar-refractivity contribution in [3.63, 3.8) is 0 Å². The molecular weight excluding hydrogens is 448 g/mol. The molecular formula is C28H24O7. The van der Waals surface area contributed by atoms with E-state index in [9.17, 15) is 9.90 Å². The molecule has 5 rings (SSSR count). The summed E-state index contributed by atoms with van der Waals surface area (Å²) in [7, 11) is 4.67. The number of hydrogen-bond donors (Lipinski definition) is 1. The summed E-state index contributed by atoms with van der Waals surface area (Å²) in [6.45, 7) is -0.000518. The van der Waals surface area contributed by atoms with Crippen LogP contribution in [0.3, 0.4) is 0 Å². The van der Waals surface area contributed by atoms with Crippen LogP contribution in [0.1, 0.15) is 21.5 Å². The summed E-state index contributed by atoms with van der Waals surface area (Å²) in [5, 5.41) is 11.5. The highest BCUT2D eigenvalue weighted by atomic mass is 16.5. The topological polar surface area (TPSA) is 83.5 Å². The maximum Gasteiger partial charge on any atom is 0.344 e. The monoisotopic (exact) mass is 472 g/mol. The van der Waals surface area contributed by atoms with Crippen LogP contribution in [-0.2, 0) is 13.2 Å². The quantitative estimate of drug-likeness (QED) is 0.356. The highest BCUT2D eigenvalue weighted by molar-refractivity contribution is 6.17. The first-order valence-electron chi connectivity index (χ1n) is 11.0. The second-order valence-electron chi connectivity index (χ2n) is 8.00. The number of methoxy groups -OCH3 is 3. The lowest BCUT2D eigenvalue weighted by Crippen LogP contribution is -2.03. The van der Waals surface area contributed by atoms with E-state index in [1.54, 1.807) is 39.5 Å².